The summed E-state index contributed by atoms with van der Waals surface area (Å²) in [5.74, 6) is -0.191. The zero-order valence-corrected chi connectivity index (χ0v) is 23.0. The molecule has 5 nitrogen and oxygen atoms in total. The number of nitrogens with one attached hydrogen (secondary N) is 3. The predicted octanol–water partition coefficient (Wildman–Crippen LogP) is 7.63. The topological polar surface area (TPSA) is 70.2 Å². The minimum atomic E-state index is -0.128. The summed E-state index contributed by atoms with van der Waals surface area (Å²) in [5.41, 5.74) is 2.33. The predicted molar refractivity (Wildman–Crippen MR) is 156 cm³/mol. The van der Waals surface area contributed by atoms with Gasteiger partial charge in [-0.2, -0.15) is 0 Å². The third-order valence-corrected chi connectivity index (χ3v) is 6.72. The number of hydrogen-bond acceptors (Lipinski definition) is 3. The van der Waals surface area contributed by atoms with Gasteiger partial charge in [-0.05, 0) is 42.8 Å². The quantitative estimate of drug-likeness (QED) is 0.152. The van der Waals surface area contributed by atoms with E-state index in [1.807, 2.05) is 30.3 Å². The highest BCUT2D eigenvalue weighted by atomic mass is 16.2. The molecule has 0 atom stereocenters. The Labute approximate surface area is 225 Å². The molecule has 0 heterocycles. The van der Waals surface area contributed by atoms with E-state index >= 15 is 0 Å². The number of carbonyl (C=O) groups is 2. The van der Waals surface area contributed by atoms with Gasteiger partial charge in [0, 0.05) is 17.8 Å². The normalized spacial score (nSPS) is 10.8. The van der Waals surface area contributed by atoms with Gasteiger partial charge in [0.25, 0.3) is 5.91 Å². The first-order chi connectivity index (χ1) is 18.2. The number of unbranched alkanes of at least 4 members (excludes halogenated alkanes) is 13. The summed E-state index contributed by atoms with van der Waals surface area (Å²) in [6, 6.07) is 16.8. The zero-order chi connectivity index (χ0) is 26.4. The largest absolute Gasteiger partial charge is 0.348 e. The fourth-order valence-electron chi connectivity index (χ4n) is 4.44. The molecular weight excluding hydrogens is 458 g/mol. The van der Waals surface area contributed by atoms with Gasteiger partial charge in [0.2, 0.25) is 5.91 Å². The summed E-state index contributed by atoms with van der Waals surface area (Å²) < 4.78 is 0. The molecule has 204 valence electrons. The molecule has 0 bridgehead atoms. The molecule has 37 heavy (non-hydrogen) atoms. The van der Waals surface area contributed by atoms with Crippen LogP contribution < -0.4 is 16.0 Å². The maximum Gasteiger partial charge on any atom is 0.251 e. The molecule has 0 aliphatic heterocycles. The molecule has 0 saturated carbocycles. The molecule has 2 rings (SSSR count). The Balaban J connectivity index is 1.42. The van der Waals surface area contributed by atoms with Crippen LogP contribution in [0.5, 0.6) is 0 Å². The Hall–Kier alpha value is -2.66. The SMILES string of the molecule is CCCCCCCCCCCCCCCCNCC(=O)Nc1ccc(C(=O)NCc2ccccc2)cc1. The van der Waals surface area contributed by atoms with E-state index in [1.165, 1.54) is 83.5 Å². The van der Waals surface area contributed by atoms with Crippen LogP contribution in [0.4, 0.5) is 5.69 Å². The first-order valence-electron chi connectivity index (χ1n) is 14.6. The van der Waals surface area contributed by atoms with Crippen LogP contribution in [-0.2, 0) is 11.3 Å². The molecule has 2 amide bonds. The van der Waals surface area contributed by atoms with E-state index < -0.39 is 0 Å². The lowest BCUT2D eigenvalue weighted by Crippen LogP contribution is -2.28. The van der Waals surface area contributed by atoms with Gasteiger partial charge in [-0.1, -0.05) is 121 Å². The molecule has 5 heteroatoms. The van der Waals surface area contributed by atoms with Crippen molar-refractivity contribution in [2.24, 2.45) is 0 Å². The molecular formula is C32H49N3O2. The number of rotatable bonds is 21. The molecule has 0 radical (unpaired) electrons. The van der Waals surface area contributed by atoms with Crippen LogP contribution in [0.2, 0.25) is 0 Å². The Morgan fingerprint density at radius 2 is 1.19 bits per heavy atom. The van der Waals surface area contributed by atoms with E-state index in [-0.39, 0.29) is 11.8 Å². The summed E-state index contributed by atoms with van der Waals surface area (Å²) in [6.45, 7) is 3.93. The van der Waals surface area contributed by atoms with Gasteiger partial charge in [0.05, 0.1) is 6.54 Å². The first kappa shape index (κ1) is 30.6. The Bertz CT molecular complexity index is 852. The van der Waals surface area contributed by atoms with E-state index in [0.29, 0.717) is 24.3 Å². The monoisotopic (exact) mass is 507 g/mol. The average molecular weight is 508 g/mol. The third kappa shape index (κ3) is 15.2. The number of anilines is 1. The van der Waals surface area contributed by atoms with Crippen LogP contribution in [-0.4, -0.2) is 24.9 Å². The van der Waals surface area contributed by atoms with Crippen LogP contribution >= 0.6 is 0 Å². The molecule has 3 N–H and O–H groups in total. The molecule has 0 saturated heterocycles. The molecule has 2 aromatic carbocycles. The highest BCUT2D eigenvalue weighted by molar-refractivity contribution is 5.96. The Kier molecular flexibility index (Phi) is 16.9. The fourth-order valence-corrected chi connectivity index (χ4v) is 4.44. The van der Waals surface area contributed by atoms with E-state index in [9.17, 15) is 9.59 Å². The lowest BCUT2D eigenvalue weighted by molar-refractivity contribution is -0.115. The standard InChI is InChI=1S/C32H49N3O2/c1-2-3-4-5-6-7-8-9-10-11-12-13-14-18-25-33-27-31(36)35-30-23-21-29(22-24-30)32(37)34-26-28-19-16-15-17-20-28/h15-17,19-24,33H,2-14,18,25-27H2,1H3,(H,34,37)(H,35,36). The Morgan fingerprint density at radius 3 is 1.76 bits per heavy atom. The van der Waals surface area contributed by atoms with Gasteiger partial charge in [-0.15, -0.1) is 0 Å². The van der Waals surface area contributed by atoms with Crippen LogP contribution in [0, 0.1) is 0 Å². The van der Waals surface area contributed by atoms with Crippen LogP contribution in [0.25, 0.3) is 0 Å². The second-order valence-corrected chi connectivity index (χ2v) is 10.1. The minimum absolute atomic E-state index is 0.0633. The van der Waals surface area contributed by atoms with E-state index in [0.717, 1.165) is 18.5 Å². The number of carbonyl (C=O) groups excluding carboxylic acids is 2. The van der Waals surface area contributed by atoms with Gasteiger partial charge in [-0.25, -0.2) is 0 Å². The molecule has 0 aliphatic carbocycles. The third-order valence-electron chi connectivity index (χ3n) is 6.72. The van der Waals surface area contributed by atoms with Crippen LogP contribution in [0.3, 0.4) is 0 Å². The fraction of sp³-hybridized carbons (Fsp3) is 0.562. The van der Waals surface area contributed by atoms with Gasteiger partial charge in [-0.3, -0.25) is 9.59 Å². The number of benzene rings is 2. The number of amides is 2. The summed E-state index contributed by atoms with van der Waals surface area (Å²) >= 11 is 0. The van der Waals surface area contributed by atoms with Crippen molar-refractivity contribution in [3.05, 3.63) is 65.7 Å². The lowest BCUT2D eigenvalue weighted by atomic mass is 10.0. The van der Waals surface area contributed by atoms with Crippen LogP contribution in [0.1, 0.15) is 113 Å². The summed E-state index contributed by atoms with van der Waals surface area (Å²) in [4.78, 5) is 24.5. The summed E-state index contributed by atoms with van der Waals surface area (Å²) in [7, 11) is 0. The molecule has 2 aromatic rings. The van der Waals surface area contributed by atoms with Crippen molar-refractivity contribution in [1.82, 2.24) is 10.6 Å². The van der Waals surface area contributed by atoms with Crippen molar-refractivity contribution in [1.29, 1.82) is 0 Å². The molecule has 0 aromatic heterocycles. The minimum Gasteiger partial charge on any atom is -0.348 e. The lowest BCUT2D eigenvalue weighted by Gasteiger charge is -2.09. The summed E-state index contributed by atoms with van der Waals surface area (Å²) in [5, 5.41) is 9.03. The van der Waals surface area contributed by atoms with Crippen molar-refractivity contribution in [2.75, 3.05) is 18.4 Å². The van der Waals surface area contributed by atoms with Crippen molar-refractivity contribution in [2.45, 2.75) is 103 Å². The maximum absolute atomic E-state index is 12.3. The first-order valence-corrected chi connectivity index (χ1v) is 14.6. The average Bonchev–Trinajstić information content (AvgIpc) is 2.92. The van der Waals surface area contributed by atoms with E-state index in [2.05, 4.69) is 22.9 Å². The molecule has 0 spiro atoms. The molecule has 0 unspecified atom stereocenters. The second-order valence-electron chi connectivity index (χ2n) is 10.1. The van der Waals surface area contributed by atoms with Gasteiger partial charge < -0.3 is 16.0 Å². The van der Waals surface area contributed by atoms with Crippen molar-refractivity contribution < 1.29 is 9.59 Å². The molecule has 0 aliphatic rings. The zero-order valence-electron chi connectivity index (χ0n) is 23.0. The van der Waals surface area contributed by atoms with Crippen molar-refractivity contribution in [3.63, 3.8) is 0 Å². The van der Waals surface area contributed by atoms with Gasteiger partial charge >= 0.3 is 0 Å². The Morgan fingerprint density at radius 1 is 0.649 bits per heavy atom. The number of hydrogen-bond donors (Lipinski definition) is 3. The molecule has 0 fully saturated rings. The smallest absolute Gasteiger partial charge is 0.251 e. The highest BCUT2D eigenvalue weighted by Gasteiger charge is 2.07. The van der Waals surface area contributed by atoms with Crippen LogP contribution in [0.15, 0.2) is 54.6 Å². The maximum atomic E-state index is 12.3. The second kappa shape index (κ2) is 20.4. The highest BCUT2D eigenvalue weighted by Crippen LogP contribution is 2.13. The van der Waals surface area contributed by atoms with Crippen molar-refractivity contribution >= 4 is 17.5 Å². The van der Waals surface area contributed by atoms with E-state index in [1.54, 1.807) is 24.3 Å². The van der Waals surface area contributed by atoms with Gasteiger partial charge in [0.1, 0.15) is 0 Å². The van der Waals surface area contributed by atoms with Crippen molar-refractivity contribution in [3.8, 4) is 0 Å². The van der Waals surface area contributed by atoms with Gasteiger partial charge in [0.15, 0.2) is 0 Å². The van der Waals surface area contributed by atoms with E-state index in [4.69, 9.17) is 0 Å². The summed E-state index contributed by atoms with van der Waals surface area (Å²) in [6.07, 6.45) is 18.9.